The summed E-state index contributed by atoms with van der Waals surface area (Å²) in [7, 11) is 0. The second-order valence-electron chi connectivity index (χ2n) is 7.52. The van der Waals surface area contributed by atoms with Crippen molar-refractivity contribution in [3.05, 3.63) is 88.3 Å². The number of rotatable bonds is 12. The first-order valence-corrected chi connectivity index (χ1v) is 10.7. The van der Waals surface area contributed by atoms with Gasteiger partial charge in [0.25, 0.3) is 5.91 Å². The Labute approximate surface area is 192 Å². The zero-order chi connectivity index (χ0) is 23.5. The highest BCUT2D eigenvalue weighted by molar-refractivity contribution is 6.00. The van der Waals surface area contributed by atoms with Gasteiger partial charge < -0.3 is 19.9 Å². The number of carbonyl (C=O) groups is 1. The van der Waals surface area contributed by atoms with E-state index in [0.717, 1.165) is 16.7 Å². The molecule has 0 spiro atoms. The van der Waals surface area contributed by atoms with Crippen LogP contribution in [0.25, 0.3) is 10.4 Å². The number of carbonyl (C=O) groups excluding carboxylic acids is 1. The van der Waals surface area contributed by atoms with Gasteiger partial charge in [-0.2, -0.15) is 0 Å². The first kappa shape index (κ1) is 23.8. The molecule has 0 unspecified atom stereocenters. The largest absolute Gasteiger partial charge is 0.494 e. The van der Waals surface area contributed by atoms with E-state index >= 15 is 0 Å². The predicted molar refractivity (Wildman–Crippen MR) is 125 cm³/mol. The summed E-state index contributed by atoms with van der Waals surface area (Å²) < 4.78 is 11.5. The van der Waals surface area contributed by atoms with Crippen molar-refractivity contribution in [3.63, 3.8) is 0 Å². The summed E-state index contributed by atoms with van der Waals surface area (Å²) in [4.78, 5) is 20.7. The Morgan fingerprint density at radius 2 is 2.06 bits per heavy atom. The second-order valence-corrected chi connectivity index (χ2v) is 7.52. The van der Waals surface area contributed by atoms with E-state index in [-0.39, 0.29) is 25.7 Å². The van der Waals surface area contributed by atoms with Crippen LogP contribution in [0.3, 0.4) is 0 Å². The number of hydrogen-bond donors (Lipinski definition) is 2. The number of nitrogens with one attached hydrogen (secondary N) is 1. The third kappa shape index (κ3) is 6.12. The van der Waals surface area contributed by atoms with E-state index in [1.807, 2.05) is 36.4 Å². The molecule has 1 amide bonds. The monoisotopic (exact) mass is 449 g/mol. The van der Waals surface area contributed by atoms with Gasteiger partial charge in [0, 0.05) is 36.5 Å². The third-order valence-electron chi connectivity index (χ3n) is 5.17. The van der Waals surface area contributed by atoms with Gasteiger partial charge in [-0.1, -0.05) is 35.5 Å². The molecule has 172 valence electrons. The van der Waals surface area contributed by atoms with Crippen LogP contribution in [0, 0.1) is 0 Å². The van der Waals surface area contributed by atoms with Crippen LogP contribution in [-0.2, 0) is 22.5 Å². The maximum absolute atomic E-state index is 13.2. The molecule has 0 bridgehead atoms. The Morgan fingerprint density at radius 3 is 2.76 bits per heavy atom. The van der Waals surface area contributed by atoms with Crippen molar-refractivity contribution in [2.24, 2.45) is 10.1 Å². The molecule has 0 aromatic heterocycles. The number of hydrogen-bond acceptors (Lipinski definition) is 6. The van der Waals surface area contributed by atoms with Crippen molar-refractivity contribution in [2.75, 3.05) is 26.4 Å². The van der Waals surface area contributed by atoms with Crippen LogP contribution in [0.1, 0.15) is 23.1 Å². The van der Waals surface area contributed by atoms with Gasteiger partial charge in [-0.15, -0.1) is 6.58 Å². The molecule has 2 aromatic rings. The average Bonchev–Trinajstić information content (AvgIpc) is 3.28. The third-order valence-corrected chi connectivity index (χ3v) is 5.17. The molecular weight excluding hydrogens is 422 g/mol. The molecule has 1 aliphatic heterocycles. The van der Waals surface area contributed by atoms with Gasteiger partial charge in [0.1, 0.15) is 12.4 Å². The van der Waals surface area contributed by atoms with Crippen LogP contribution in [0.4, 0.5) is 0 Å². The molecule has 3 rings (SSSR count). The molecule has 2 aromatic carbocycles. The lowest BCUT2D eigenvalue weighted by Crippen LogP contribution is -2.48. The molecule has 0 saturated carbocycles. The second kappa shape index (κ2) is 11.7. The number of nitrogens with zero attached hydrogens (tertiary/aromatic N) is 4. The summed E-state index contributed by atoms with van der Waals surface area (Å²) in [6, 6.07) is 14.7. The molecule has 2 N–H and O–H groups in total. The summed E-state index contributed by atoms with van der Waals surface area (Å²) in [6.07, 6.45) is 2.46. The number of aliphatic imine (C=N–C) groups is 1. The molecule has 9 heteroatoms. The van der Waals surface area contributed by atoms with E-state index < -0.39 is 5.54 Å². The number of amides is 1. The fourth-order valence-electron chi connectivity index (χ4n) is 3.47. The number of ether oxygens (including phenoxy) is 2. The fraction of sp³-hybridized carbons (Fsp3) is 0.333. The Bertz CT molecular complexity index is 1050. The standard InChI is InChI=1S/C24H27N5O4/c1-2-12-26-23(31)24(15-19-6-3-4-7-20(19)16-27-29-25)17-33-22(28-24)18-8-10-21(11-9-18)32-14-5-13-30/h2-4,6-11,30H,1,5,12-17H2,(H,26,31)/t24-/m1/s1. The molecule has 9 nitrogen and oxygen atoms in total. The lowest BCUT2D eigenvalue weighted by molar-refractivity contribution is -0.126. The minimum Gasteiger partial charge on any atom is -0.494 e. The van der Waals surface area contributed by atoms with Crippen molar-refractivity contribution in [1.82, 2.24) is 5.32 Å². The highest BCUT2D eigenvalue weighted by Gasteiger charge is 2.44. The SMILES string of the molecule is C=CCNC(=O)[C@@]1(Cc2ccccc2CN=[N+]=[N-])COC(c2ccc(OCCCO)cc2)=N1. The lowest BCUT2D eigenvalue weighted by atomic mass is 9.89. The minimum absolute atomic E-state index is 0.0741. The minimum atomic E-state index is -1.17. The van der Waals surface area contributed by atoms with Crippen LogP contribution >= 0.6 is 0 Å². The van der Waals surface area contributed by atoms with Gasteiger partial charge in [0.2, 0.25) is 5.90 Å². The molecule has 0 aliphatic carbocycles. The first-order chi connectivity index (χ1) is 16.1. The van der Waals surface area contributed by atoms with E-state index in [9.17, 15) is 4.79 Å². The fourth-order valence-corrected chi connectivity index (χ4v) is 3.47. The van der Waals surface area contributed by atoms with Crippen LogP contribution in [0.5, 0.6) is 5.75 Å². The van der Waals surface area contributed by atoms with Crippen LogP contribution in [-0.4, -0.2) is 48.8 Å². The molecule has 0 radical (unpaired) electrons. The van der Waals surface area contributed by atoms with Gasteiger partial charge >= 0.3 is 0 Å². The van der Waals surface area contributed by atoms with Crippen molar-refractivity contribution in [3.8, 4) is 5.75 Å². The van der Waals surface area contributed by atoms with E-state index in [2.05, 4.69) is 21.9 Å². The molecule has 1 atom stereocenters. The molecular formula is C24H27N5O4. The van der Waals surface area contributed by atoms with E-state index in [1.54, 1.807) is 18.2 Å². The van der Waals surface area contributed by atoms with Crippen LogP contribution in [0.2, 0.25) is 0 Å². The summed E-state index contributed by atoms with van der Waals surface area (Å²) in [5.41, 5.74) is 9.96. The zero-order valence-corrected chi connectivity index (χ0v) is 18.3. The zero-order valence-electron chi connectivity index (χ0n) is 18.3. The van der Waals surface area contributed by atoms with Crippen LogP contribution < -0.4 is 10.1 Å². The number of aliphatic hydroxyl groups is 1. The van der Waals surface area contributed by atoms with Gasteiger partial charge in [-0.3, -0.25) is 4.79 Å². The van der Waals surface area contributed by atoms with Gasteiger partial charge in [-0.05, 0) is 40.9 Å². The van der Waals surface area contributed by atoms with E-state index in [0.29, 0.717) is 37.6 Å². The van der Waals surface area contributed by atoms with Crippen molar-refractivity contribution >= 4 is 11.8 Å². The maximum atomic E-state index is 13.2. The van der Waals surface area contributed by atoms with Gasteiger partial charge in [-0.25, -0.2) is 4.99 Å². The summed E-state index contributed by atoms with van der Waals surface area (Å²) in [5.74, 6) is 0.783. The smallest absolute Gasteiger partial charge is 0.252 e. The predicted octanol–water partition coefficient (Wildman–Crippen LogP) is 3.32. The first-order valence-electron chi connectivity index (χ1n) is 10.7. The van der Waals surface area contributed by atoms with Crippen molar-refractivity contribution in [2.45, 2.75) is 24.9 Å². The van der Waals surface area contributed by atoms with E-state index in [4.69, 9.17) is 25.1 Å². The molecule has 1 aliphatic rings. The number of aliphatic hydroxyl groups excluding tert-OH is 1. The molecule has 1 heterocycles. The summed E-state index contributed by atoms with van der Waals surface area (Å²) >= 11 is 0. The number of azide groups is 1. The normalized spacial score (nSPS) is 16.8. The van der Waals surface area contributed by atoms with Gasteiger partial charge in [0.15, 0.2) is 5.54 Å². The van der Waals surface area contributed by atoms with Crippen molar-refractivity contribution < 1.29 is 19.4 Å². The molecule has 0 fully saturated rings. The number of benzene rings is 2. The highest BCUT2D eigenvalue weighted by Crippen LogP contribution is 2.29. The topological polar surface area (TPSA) is 129 Å². The summed E-state index contributed by atoms with van der Waals surface area (Å²) in [6.45, 7) is 4.73. The highest BCUT2D eigenvalue weighted by atomic mass is 16.5. The Hall–Kier alpha value is -3.81. The average molecular weight is 450 g/mol. The van der Waals surface area contributed by atoms with Crippen molar-refractivity contribution in [1.29, 1.82) is 0 Å². The Balaban J connectivity index is 1.88. The lowest BCUT2D eigenvalue weighted by Gasteiger charge is -2.24. The van der Waals surface area contributed by atoms with Gasteiger partial charge in [0.05, 0.1) is 13.2 Å². The van der Waals surface area contributed by atoms with E-state index in [1.165, 1.54) is 0 Å². The van der Waals surface area contributed by atoms with Crippen LogP contribution in [0.15, 0.2) is 71.3 Å². The quantitative estimate of drug-likeness (QED) is 0.169. The summed E-state index contributed by atoms with van der Waals surface area (Å²) in [5, 5.41) is 15.4. The maximum Gasteiger partial charge on any atom is 0.252 e. The molecule has 33 heavy (non-hydrogen) atoms. The molecule has 0 saturated heterocycles. The Kier molecular flexibility index (Phi) is 8.46. The Morgan fingerprint density at radius 1 is 1.30 bits per heavy atom.